The number of hydrogen-bond acceptors (Lipinski definition) is 3. The molecule has 17 heavy (non-hydrogen) atoms. The Labute approximate surface area is 109 Å². The molecule has 0 unspecified atom stereocenters. The third-order valence-electron chi connectivity index (χ3n) is 3.25. The predicted molar refractivity (Wildman–Crippen MR) is 74.8 cm³/mol. The van der Waals surface area contributed by atoms with E-state index >= 15 is 0 Å². The van der Waals surface area contributed by atoms with Crippen molar-refractivity contribution in [1.29, 1.82) is 0 Å². The van der Waals surface area contributed by atoms with E-state index < -0.39 is 0 Å². The predicted octanol–water partition coefficient (Wildman–Crippen LogP) is 3.34. The average molecular weight is 268 g/mol. The Morgan fingerprint density at radius 2 is 2.12 bits per heavy atom. The van der Waals surface area contributed by atoms with Gasteiger partial charge in [-0.25, -0.2) is 4.98 Å². The summed E-state index contributed by atoms with van der Waals surface area (Å²) in [5.74, 6) is 2.99. The fraction of sp³-hybridized carbons (Fsp3) is 0.417. The zero-order chi connectivity index (χ0) is 11.8. The minimum Gasteiger partial charge on any atom is -0.369 e. The van der Waals surface area contributed by atoms with Gasteiger partial charge in [-0.05, 0) is 36.5 Å². The van der Waals surface area contributed by atoms with Crippen molar-refractivity contribution in [1.82, 2.24) is 9.55 Å². The van der Waals surface area contributed by atoms with Crippen molar-refractivity contribution in [2.45, 2.75) is 18.9 Å². The van der Waals surface area contributed by atoms with Crippen LogP contribution in [0.2, 0.25) is 5.02 Å². The van der Waals surface area contributed by atoms with E-state index in [9.17, 15) is 0 Å². The molecule has 90 valence electrons. The number of thioether (sulfide) groups is 1. The number of anilines is 1. The fourth-order valence-electron chi connectivity index (χ4n) is 2.43. The van der Waals surface area contributed by atoms with Crippen LogP contribution in [-0.2, 0) is 0 Å². The van der Waals surface area contributed by atoms with Gasteiger partial charge in [-0.2, -0.15) is 11.8 Å². The van der Waals surface area contributed by atoms with E-state index in [1.165, 1.54) is 11.5 Å². The van der Waals surface area contributed by atoms with Crippen LogP contribution in [0.5, 0.6) is 0 Å². The summed E-state index contributed by atoms with van der Waals surface area (Å²) in [6, 6.07) is 6.34. The molecule has 5 heteroatoms. The lowest BCUT2D eigenvalue weighted by Gasteiger charge is -2.24. The zero-order valence-electron chi connectivity index (χ0n) is 9.40. The van der Waals surface area contributed by atoms with E-state index in [1.807, 2.05) is 30.0 Å². The number of rotatable bonds is 1. The summed E-state index contributed by atoms with van der Waals surface area (Å²) in [6.45, 7) is 0. The summed E-state index contributed by atoms with van der Waals surface area (Å²) < 4.78 is 2.15. The Bertz CT molecular complexity index is 546. The summed E-state index contributed by atoms with van der Waals surface area (Å²) in [7, 11) is 0. The number of fused-ring (bicyclic) bond motifs is 1. The second-order valence-corrected chi connectivity index (χ2v) is 5.92. The molecule has 2 N–H and O–H groups in total. The summed E-state index contributed by atoms with van der Waals surface area (Å²) in [6.07, 6.45) is 2.32. The first-order valence-corrected chi connectivity index (χ1v) is 7.30. The molecule has 2 heterocycles. The zero-order valence-corrected chi connectivity index (χ0v) is 11.0. The van der Waals surface area contributed by atoms with Crippen LogP contribution in [-0.4, -0.2) is 21.1 Å². The van der Waals surface area contributed by atoms with Crippen LogP contribution in [0, 0.1) is 0 Å². The van der Waals surface area contributed by atoms with Gasteiger partial charge in [0, 0.05) is 6.04 Å². The number of benzene rings is 1. The molecule has 1 saturated heterocycles. The Hall–Kier alpha value is -0.870. The minimum absolute atomic E-state index is 0.472. The number of aromatic nitrogens is 2. The highest BCUT2D eigenvalue weighted by molar-refractivity contribution is 7.99. The molecule has 0 atom stereocenters. The van der Waals surface area contributed by atoms with Crippen molar-refractivity contribution in [3.63, 3.8) is 0 Å². The third kappa shape index (κ3) is 1.89. The van der Waals surface area contributed by atoms with Gasteiger partial charge in [0.15, 0.2) is 0 Å². The molecule has 0 radical (unpaired) electrons. The molecule has 0 bridgehead atoms. The topological polar surface area (TPSA) is 43.8 Å². The van der Waals surface area contributed by atoms with Crippen molar-refractivity contribution < 1.29 is 0 Å². The van der Waals surface area contributed by atoms with Gasteiger partial charge < -0.3 is 10.3 Å². The molecular formula is C12H14ClN3S. The average Bonchev–Trinajstić information content (AvgIpc) is 2.68. The van der Waals surface area contributed by atoms with Crippen LogP contribution in [0.15, 0.2) is 18.2 Å². The van der Waals surface area contributed by atoms with E-state index in [2.05, 4.69) is 9.55 Å². The first-order chi connectivity index (χ1) is 8.27. The number of nitrogens with zero attached hydrogens (tertiary/aromatic N) is 2. The van der Waals surface area contributed by atoms with Crippen molar-refractivity contribution in [2.24, 2.45) is 0 Å². The summed E-state index contributed by atoms with van der Waals surface area (Å²) in [5, 5.41) is 0.679. The highest BCUT2D eigenvalue weighted by Crippen LogP contribution is 2.34. The van der Waals surface area contributed by atoms with E-state index in [-0.39, 0.29) is 0 Å². The fourth-order valence-corrected chi connectivity index (χ4v) is 3.72. The first-order valence-electron chi connectivity index (χ1n) is 5.77. The van der Waals surface area contributed by atoms with Crippen molar-refractivity contribution in [3.8, 4) is 0 Å². The largest absolute Gasteiger partial charge is 0.369 e. The molecule has 1 aliphatic rings. The summed E-state index contributed by atoms with van der Waals surface area (Å²) in [5.41, 5.74) is 7.93. The maximum Gasteiger partial charge on any atom is 0.201 e. The van der Waals surface area contributed by atoms with Crippen LogP contribution < -0.4 is 5.73 Å². The van der Waals surface area contributed by atoms with Gasteiger partial charge in [0.1, 0.15) is 5.52 Å². The number of hydrogen-bond donors (Lipinski definition) is 1. The van der Waals surface area contributed by atoms with Gasteiger partial charge in [0.2, 0.25) is 5.95 Å². The molecule has 0 spiro atoms. The third-order valence-corrected chi connectivity index (χ3v) is 4.61. The molecule has 1 aliphatic heterocycles. The summed E-state index contributed by atoms with van der Waals surface area (Å²) >= 11 is 8.16. The van der Waals surface area contributed by atoms with Crippen LogP contribution >= 0.6 is 23.4 Å². The molecule has 2 aromatic rings. The monoisotopic (exact) mass is 267 g/mol. The Morgan fingerprint density at radius 3 is 2.88 bits per heavy atom. The standard InChI is InChI=1S/C12H14ClN3S/c13-9-2-1-3-10-11(9)15-12(14)16(10)8-4-6-17-7-5-8/h1-3,8H,4-7H2,(H2,14,15). The quantitative estimate of drug-likeness (QED) is 0.862. The Balaban J connectivity index is 2.14. The lowest BCUT2D eigenvalue weighted by molar-refractivity contribution is 0.487. The van der Waals surface area contributed by atoms with Crippen LogP contribution in [0.25, 0.3) is 11.0 Å². The molecule has 1 fully saturated rings. The number of halogens is 1. The second-order valence-electron chi connectivity index (χ2n) is 4.29. The Morgan fingerprint density at radius 1 is 1.35 bits per heavy atom. The summed E-state index contributed by atoms with van der Waals surface area (Å²) in [4.78, 5) is 4.39. The highest BCUT2D eigenvalue weighted by Gasteiger charge is 2.21. The lowest BCUT2D eigenvalue weighted by Crippen LogP contribution is -2.16. The molecule has 1 aromatic carbocycles. The van der Waals surface area contributed by atoms with Gasteiger partial charge in [-0.3, -0.25) is 0 Å². The number of imidazole rings is 1. The first kappa shape index (κ1) is 11.2. The van der Waals surface area contributed by atoms with E-state index in [0.29, 0.717) is 17.0 Å². The van der Waals surface area contributed by atoms with Crippen LogP contribution in [0.1, 0.15) is 18.9 Å². The Kier molecular flexibility index (Phi) is 2.92. The SMILES string of the molecule is Nc1nc2c(Cl)cccc2n1C1CCSCC1. The van der Waals surface area contributed by atoms with Gasteiger partial charge in [-0.15, -0.1) is 0 Å². The van der Waals surface area contributed by atoms with Crippen molar-refractivity contribution in [3.05, 3.63) is 23.2 Å². The second kappa shape index (κ2) is 4.42. The van der Waals surface area contributed by atoms with Crippen LogP contribution in [0.3, 0.4) is 0 Å². The van der Waals surface area contributed by atoms with Crippen molar-refractivity contribution in [2.75, 3.05) is 17.2 Å². The highest BCUT2D eigenvalue weighted by atomic mass is 35.5. The van der Waals surface area contributed by atoms with Gasteiger partial charge in [0.25, 0.3) is 0 Å². The maximum atomic E-state index is 6.15. The number of nitrogens with two attached hydrogens (primary N) is 1. The number of para-hydroxylation sites is 1. The minimum atomic E-state index is 0.472. The van der Waals surface area contributed by atoms with E-state index in [4.69, 9.17) is 17.3 Å². The van der Waals surface area contributed by atoms with E-state index in [0.717, 1.165) is 23.9 Å². The molecule has 1 aromatic heterocycles. The van der Waals surface area contributed by atoms with E-state index in [1.54, 1.807) is 0 Å². The van der Waals surface area contributed by atoms with Gasteiger partial charge in [-0.1, -0.05) is 17.7 Å². The molecular weight excluding hydrogens is 254 g/mol. The van der Waals surface area contributed by atoms with Gasteiger partial charge in [0.05, 0.1) is 10.5 Å². The molecule has 0 saturated carbocycles. The molecule has 0 amide bonds. The molecule has 3 rings (SSSR count). The molecule has 3 nitrogen and oxygen atoms in total. The lowest BCUT2D eigenvalue weighted by atomic mass is 10.1. The number of nitrogen functional groups attached to an aromatic ring is 1. The van der Waals surface area contributed by atoms with Gasteiger partial charge >= 0.3 is 0 Å². The van der Waals surface area contributed by atoms with Crippen molar-refractivity contribution >= 4 is 40.3 Å². The van der Waals surface area contributed by atoms with Crippen LogP contribution in [0.4, 0.5) is 5.95 Å². The normalized spacial score (nSPS) is 17.7. The smallest absolute Gasteiger partial charge is 0.201 e. The molecule has 0 aliphatic carbocycles. The maximum absolute atomic E-state index is 6.15.